The summed E-state index contributed by atoms with van der Waals surface area (Å²) < 4.78 is 43.7. The molecule has 7 heteroatoms. The number of nitrogens with zero attached hydrogens (tertiary/aromatic N) is 1. The Labute approximate surface area is 129 Å². The molecule has 1 aromatic carbocycles. The molecular weight excluding hydrogens is 319 g/mol. The van der Waals surface area contributed by atoms with Crippen LogP contribution in [0, 0.1) is 12.3 Å². The molecule has 1 unspecified atom stereocenters. The first-order valence-electron chi connectivity index (χ1n) is 6.07. The van der Waals surface area contributed by atoms with E-state index in [-0.39, 0.29) is 23.0 Å². The fraction of sp³-hybridized carbons (Fsp3) is 0.200. The maximum atomic E-state index is 12.8. The first-order chi connectivity index (χ1) is 10.2. The molecule has 1 heterocycles. The van der Waals surface area contributed by atoms with Gasteiger partial charge in [-0.15, -0.1) is 6.42 Å². The van der Waals surface area contributed by atoms with Crippen molar-refractivity contribution in [3.8, 4) is 18.1 Å². The number of ether oxygens (including phenoxy) is 1. The summed E-state index contributed by atoms with van der Waals surface area (Å²) in [6.07, 6.45) is 1.81. The number of benzene rings is 1. The number of terminal acetylenes is 1. The molecular formula is C15H9ClF3NO2. The van der Waals surface area contributed by atoms with Crippen LogP contribution in [0.1, 0.15) is 12.5 Å². The van der Waals surface area contributed by atoms with Gasteiger partial charge in [-0.3, -0.25) is 4.79 Å². The van der Waals surface area contributed by atoms with Crippen LogP contribution in [0.5, 0.6) is 5.75 Å². The molecule has 0 amide bonds. The van der Waals surface area contributed by atoms with Crippen molar-refractivity contribution < 1.29 is 22.7 Å². The van der Waals surface area contributed by atoms with Crippen LogP contribution in [0.25, 0.3) is 0 Å². The van der Waals surface area contributed by atoms with E-state index >= 15 is 0 Å². The van der Waals surface area contributed by atoms with E-state index in [2.05, 4.69) is 10.9 Å². The van der Waals surface area contributed by atoms with E-state index in [4.69, 9.17) is 22.8 Å². The molecule has 0 N–H and O–H groups in total. The van der Waals surface area contributed by atoms with Crippen molar-refractivity contribution in [3.63, 3.8) is 0 Å². The Hall–Kier alpha value is -2.26. The zero-order valence-electron chi connectivity index (χ0n) is 11.2. The maximum absolute atomic E-state index is 12.8. The SMILES string of the molecule is C#CC1=CC(=O)C(C)N=C1Oc1ccc(Cl)c(C(F)(F)F)c1. The Kier molecular flexibility index (Phi) is 4.29. The molecule has 1 aliphatic rings. The summed E-state index contributed by atoms with van der Waals surface area (Å²) in [4.78, 5) is 15.4. The topological polar surface area (TPSA) is 38.7 Å². The molecule has 2 rings (SSSR count). The van der Waals surface area contributed by atoms with Gasteiger partial charge in [0.1, 0.15) is 11.8 Å². The fourth-order valence-corrected chi connectivity index (χ4v) is 1.94. The molecule has 22 heavy (non-hydrogen) atoms. The standard InChI is InChI=1S/C15H9ClF3NO2/c1-3-9-6-13(21)8(2)20-14(9)22-10-4-5-12(16)11(7-10)15(17,18)19/h1,4-8H,2H3. The number of halogens is 4. The van der Waals surface area contributed by atoms with Gasteiger partial charge < -0.3 is 4.74 Å². The van der Waals surface area contributed by atoms with Gasteiger partial charge in [0.2, 0.25) is 5.90 Å². The van der Waals surface area contributed by atoms with Crippen LogP contribution in [-0.2, 0) is 11.0 Å². The number of dihydropyridines is 1. The molecule has 0 saturated carbocycles. The van der Waals surface area contributed by atoms with E-state index in [1.165, 1.54) is 19.1 Å². The second-order valence-electron chi connectivity index (χ2n) is 4.46. The van der Waals surface area contributed by atoms with Crippen molar-refractivity contribution in [2.24, 2.45) is 4.99 Å². The Bertz CT molecular complexity index is 729. The average Bonchev–Trinajstić information content (AvgIpc) is 2.43. The third kappa shape index (κ3) is 3.31. The third-order valence-corrected chi connectivity index (χ3v) is 3.18. The van der Waals surface area contributed by atoms with Gasteiger partial charge in [0, 0.05) is 6.08 Å². The molecule has 1 aliphatic heterocycles. The number of carbonyl (C=O) groups excluding carboxylic acids is 1. The van der Waals surface area contributed by atoms with Crippen molar-refractivity contribution in [1.29, 1.82) is 0 Å². The minimum atomic E-state index is -4.61. The maximum Gasteiger partial charge on any atom is 0.417 e. The lowest BCUT2D eigenvalue weighted by molar-refractivity contribution is -0.137. The summed E-state index contributed by atoms with van der Waals surface area (Å²) in [6, 6.07) is 2.37. The summed E-state index contributed by atoms with van der Waals surface area (Å²) in [5, 5.41) is -0.443. The molecule has 1 aromatic rings. The minimum Gasteiger partial charge on any atom is -0.438 e. The van der Waals surface area contributed by atoms with Gasteiger partial charge in [-0.1, -0.05) is 17.5 Å². The molecule has 0 aromatic heterocycles. The van der Waals surface area contributed by atoms with Crippen molar-refractivity contribution in [3.05, 3.63) is 40.4 Å². The lowest BCUT2D eigenvalue weighted by Gasteiger charge is -2.16. The van der Waals surface area contributed by atoms with E-state index < -0.39 is 22.8 Å². The van der Waals surface area contributed by atoms with E-state index in [0.29, 0.717) is 0 Å². The molecule has 1 atom stereocenters. The normalized spacial score (nSPS) is 18.4. The summed E-state index contributed by atoms with van der Waals surface area (Å²) in [7, 11) is 0. The lowest BCUT2D eigenvalue weighted by Crippen LogP contribution is -2.25. The third-order valence-electron chi connectivity index (χ3n) is 2.85. The summed E-state index contributed by atoms with van der Waals surface area (Å²) in [6.45, 7) is 1.53. The Morgan fingerprint density at radius 2 is 2.09 bits per heavy atom. The number of hydrogen-bond acceptors (Lipinski definition) is 3. The number of alkyl halides is 3. The predicted molar refractivity (Wildman–Crippen MR) is 75.9 cm³/mol. The highest BCUT2D eigenvalue weighted by Gasteiger charge is 2.34. The molecule has 0 fully saturated rings. The largest absolute Gasteiger partial charge is 0.438 e. The molecule has 0 bridgehead atoms. The number of aliphatic imine (C=N–C) groups is 1. The second-order valence-corrected chi connectivity index (χ2v) is 4.86. The van der Waals surface area contributed by atoms with Crippen LogP contribution in [0.15, 0.2) is 34.8 Å². The van der Waals surface area contributed by atoms with E-state index in [1.54, 1.807) is 0 Å². The Morgan fingerprint density at radius 3 is 2.68 bits per heavy atom. The van der Waals surface area contributed by atoms with Gasteiger partial charge in [-0.2, -0.15) is 13.2 Å². The fourth-order valence-electron chi connectivity index (χ4n) is 1.72. The molecule has 0 saturated heterocycles. The summed E-state index contributed by atoms with van der Waals surface area (Å²) in [5.41, 5.74) is -0.954. The van der Waals surface area contributed by atoms with Crippen LogP contribution in [0.2, 0.25) is 5.02 Å². The number of carbonyl (C=O) groups is 1. The first kappa shape index (κ1) is 16.1. The molecule has 114 valence electrons. The molecule has 3 nitrogen and oxygen atoms in total. The van der Waals surface area contributed by atoms with Gasteiger partial charge >= 0.3 is 6.18 Å². The Morgan fingerprint density at radius 1 is 1.41 bits per heavy atom. The van der Waals surface area contributed by atoms with Gasteiger partial charge in [-0.05, 0) is 25.1 Å². The summed E-state index contributed by atoms with van der Waals surface area (Å²) in [5.74, 6) is 1.71. The van der Waals surface area contributed by atoms with Crippen LogP contribution >= 0.6 is 11.6 Å². The lowest BCUT2D eigenvalue weighted by atomic mass is 10.1. The second kappa shape index (κ2) is 5.85. The highest BCUT2D eigenvalue weighted by atomic mass is 35.5. The summed E-state index contributed by atoms with van der Waals surface area (Å²) >= 11 is 5.53. The first-order valence-corrected chi connectivity index (χ1v) is 6.45. The van der Waals surface area contributed by atoms with Gasteiger partial charge in [-0.25, -0.2) is 4.99 Å². The van der Waals surface area contributed by atoms with E-state index in [0.717, 1.165) is 12.1 Å². The van der Waals surface area contributed by atoms with Gasteiger partial charge in [0.15, 0.2) is 5.78 Å². The van der Waals surface area contributed by atoms with Crippen LogP contribution < -0.4 is 4.74 Å². The molecule has 0 spiro atoms. The van der Waals surface area contributed by atoms with Crippen LogP contribution in [0.4, 0.5) is 13.2 Å². The van der Waals surface area contributed by atoms with Crippen molar-refractivity contribution in [1.82, 2.24) is 0 Å². The monoisotopic (exact) mass is 327 g/mol. The van der Waals surface area contributed by atoms with Crippen LogP contribution in [0.3, 0.4) is 0 Å². The molecule has 0 radical (unpaired) electrons. The highest BCUT2D eigenvalue weighted by molar-refractivity contribution is 6.31. The Balaban J connectivity index is 2.36. The highest BCUT2D eigenvalue weighted by Crippen LogP contribution is 2.37. The smallest absolute Gasteiger partial charge is 0.417 e. The number of ketones is 1. The van der Waals surface area contributed by atoms with E-state index in [9.17, 15) is 18.0 Å². The number of rotatable bonds is 1. The van der Waals surface area contributed by atoms with Crippen molar-refractivity contribution in [2.45, 2.75) is 19.1 Å². The van der Waals surface area contributed by atoms with Crippen LogP contribution in [-0.4, -0.2) is 17.7 Å². The molecule has 0 aliphatic carbocycles. The average molecular weight is 328 g/mol. The number of hydrogen-bond donors (Lipinski definition) is 0. The quantitative estimate of drug-likeness (QED) is 0.738. The van der Waals surface area contributed by atoms with Gasteiger partial charge in [0.05, 0.1) is 16.2 Å². The predicted octanol–water partition coefficient (Wildman–Crippen LogP) is 3.67. The van der Waals surface area contributed by atoms with E-state index in [1.807, 2.05) is 0 Å². The zero-order valence-corrected chi connectivity index (χ0v) is 12.0. The van der Waals surface area contributed by atoms with Crippen molar-refractivity contribution >= 4 is 23.3 Å². The minimum absolute atomic E-state index is 0.0756. The zero-order chi connectivity index (χ0) is 16.5. The van der Waals surface area contributed by atoms with Crippen molar-refractivity contribution in [2.75, 3.05) is 0 Å². The van der Waals surface area contributed by atoms with Gasteiger partial charge in [0.25, 0.3) is 0 Å².